The highest BCUT2D eigenvalue weighted by atomic mass is 14.7. The average molecular weight is 485 g/mol. The molecule has 176 valence electrons. The molecule has 0 aliphatic carbocycles. The molecule has 0 saturated carbocycles. The summed E-state index contributed by atoms with van der Waals surface area (Å²) in [5, 5.41) is 6.61. The van der Waals surface area contributed by atoms with Crippen molar-refractivity contribution in [2.45, 2.75) is 0 Å². The SMILES string of the molecule is c1ccc2c(-c3ccc4ccc5c(ccc6ccc(-c7ccnc8ccccc78)nc65)c4n3)ccnc2c1. The standard InChI is InChI=1S/C34H20N4/c1-3-7-29-23(5-1)25(17-19-35-29)31-15-11-21-9-14-28-27(33(21)37-31)13-10-22-12-16-32(38-34(22)28)26-18-20-36-30-8-4-2-6-24(26)30/h1-20H. The first-order chi connectivity index (χ1) is 18.8. The van der Waals surface area contributed by atoms with Crippen LogP contribution >= 0.6 is 0 Å². The van der Waals surface area contributed by atoms with E-state index in [2.05, 4.69) is 70.6 Å². The normalized spacial score (nSPS) is 11.7. The van der Waals surface area contributed by atoms with Crippen LogP contribution in [0.1, 0.15) is 0 Å². The van der Waals surface area contributed by atoms with Crippen molar-refractivity contribution in [2.75, 3.05) is 0 Å². The number of rotatable bonds is 2. The van der Waals surface area contributed by atoms with Crippen molar-refractivity contribution < 1.29 is 0 Å². The monoisotopic (exact) mass is 484 g/mol. The van der Waals surface area contributed by atoms with Gasteiger partial charge in [-0.3, -0.25) is 9.97 Å². The van der Waals surface area contributed by atoms with Gasteiger partial charge in [-0.05, 0) is 36.4 Å². The lowest BCUT2D eigenvalue weighted by atomic mass is 10.00. The highest BCUT2D eigenvalue weighted by molar-refractivity contribution is 6.15. The first-order valence-corrected chi connectivity index (χ1v) is 12.6. The maximum atomic E-state index is 5.19. The minimum atomic E-state index is 0.939. The molecule has 8 rings (SSSR count). The van der Waals surface area contributed by atoms with Gasteiger partial charge in [-0.25, -0.2) is 9.97 Å². The van der Waals surface area contributed by atoms with Crippen molar-refractivity contribution in [3.05, 3.63) is 122 Å². The number of fused-ring (bicyclic) bond motifs is 7. The fraction of sp³-hybridized carbons (Fsp3) is 0. The Morgan fingerprint density at radius 2 is 0.816 bits per heavy atom. The van der Waals surface area contributed by atoms with Gasteiger partial charge < -0.3 is 0 Å². The average Bonchev–Trinajstić information content (AvgIpc) is 2.99. The summed E-state index contributed by atoms with van der Waals surface area (Å²) in [6.07, 6.45) is 3.71. The Labute approximate surface area is 218 Å². The number of aromatic nitrogens is 4. The fourth-order valence-electron chi connectivity index (χ4n) is 5.52. The Balaban J connectivity index is 1.37. The van der Waals surface area contributed by atoms with E-state index in [0.29, 0.717) is 0 Å². The highest BCUT2D eigenvalue weighted by Gasteiger charge is 2.12. The number of nitrogens with zero attached hydrogens (tertiary/aromatic N) is 4. The molecule has 4 aromatic carbocycles. The van der Waals surface area contributed by atoms with Crippen LogP contribution in [-0.2, 0) is 0 Å². The molecular formula is C34H20N4. The molecule has 0 unspecified atom stereocenters. The smallest absolute Gasteiger partial charge is 0.0788 e. The van der Waals surface area contributed by atoms with Gasteiger partial charge in [-0.2, -0.15) is 0 Å². The number of para-hydroxylation sites is 2. The molecule has 4 nitrogen and oxygen atoms in total. The van der Waals surface area contributed by atoms with E-state index in [-0.39, 0.29) is 0 Å². The molecular weight excluding hydrogens is 464 g/mol. The molecule has 4 heterocycles. The van der Waals surface area contributed by atoms with Crippen molar-refractivity contribution >= 4 is 54.4 Å². The third-order valence-electron chi connectivity index (χ3n) is 7.36. The molecule has 0 amide bonds. The van der Waals surface area contributed by atoms with Gasteiger partial charge in [0.05, 0.1) is 33.5 Å². The molecule has 0 spiro atoms. The van der Waals surface area contributed by atoms with Crippen LogP contribution in [0.4, 0.5) is 0 Å². The van der Waals surface area contributed by atoms with Crippen molar-refractivity contribution in [1.82, 2.24) is 19.9 Å². The highest BCUT2D eigenvalue weighted by Crippen LogP contribution is 2.34. The number of pyridine rings is 4. The molecule has 0 atom stereocenters. The minimum absolute atomic E-state index is 0.939. The Hall–Kier alpha value is -5.22. The maximum Gasteiger partial charge on any atom is 0.0788 e. The third-order valence-corrected chi connectivity index (χ3v) is 7.36. The largest absolute Gasteiger partial charge is 0.256 e. The maximum absolute atomic E-state index is 5.19. The molecule has 38 heavy (non-hydrogen) atoms. The van der Waals surface area contributed by atoms with Crippen molar-refractivity contribution in [3.8, 4) is 22.5 Å². The van der Waals surface area contributed by atoms with Gasteiger partial charge in [-0.1, -0.05) is 72.8 Å². The van der Waals surface area contributed by atoms with Crippen LogP contribution in [-0.4, -0.2) is 19.9 Å². The van der Waals surface area contributed by atoms with Crippen molar-refractivity contribution in [3.63, 3.8) is 0 Å². The van der Waals surface area contributed by atoms with Crippen LogP contribution < -0.4 is 0 Å². The second-order valence-corrected chi connectivity index (χ2v) is 9.51. The number of hydrogen-bond acceptors (Lipinski definition) is 4. The molecule has 0 bridgehead atoms. The van der Waals surface area contributed by atoms with E-state index in [1.165, 1.54) is 0 Å². The van der Waals surface area contributed by atoms with Gasteiger partial charge in [0.1, 0.15) is 0 Å². The minimum Gasteiger partial charge on any atom is -0.256 e. The summed E-state index contributed by atoms with van der Waals surface area (Å²) in [6, 6.07) is 37.7. The van der Waals surface area contributed by atoms with Gasteiger partial charge in [-0.15, -0.1) is 0 Å². The van der Waals surface area contributed by atoms with E-state index in [1.807, 2.05) is 60.9 Å². The lowest BCUT2D eigenvalue weighted by Gasteiger charge is -2.11. The first kappa shape index (κ1) is 20.9. The second kappa shape index (κ2) is 8.15. The predicted octanol–water partition coefficient (Wildman–Crippen LogP) is 8.37. The van der Waals surface area contributed by atoms with E-state index in [9.17, 15) is 0 Å². The molecule has 4 aromatic heterocycles. The van der Waals surface area contributed by atoms with Crippen LogP contribution in [0.5, 0.6) is 0 Å². The van der Waals surface area contributed by atoms with Gasteiger partial charge in [0.2, 0.25) is 0 Å². The molecule has 0 fully saturated rings. The van der Waals surface area contributed by atoms with Crippen LogP contribution in [0.2, 0.25) is 0 Å². The molecule has 0 N–H and O–H groups in total. The quantitative estimate of drug-likeness (QED) is 0.231. The van der Waals surface area contributed by atoms with Gasteiger partial charge in [0, 0.05) is 55.8 Å². The van der Waals surface area contributed by atoms with Crippen molar-refractivity contribution in [1.29, 1.82) is 0 Å². The molecule has 0 saturated heterocycles. The molecule has 0 radical (unpaired) electrons. The van der Waals surface area contributed by atoms with Crippen LogP contribution in [0.15, 0.2) is 122 Å². The molecule has 0 aliphatic heterocycles. The number of hydrogen-bond donors (Lipinski definition) is 0. The topological polar surface area (TPSA) is 51.6 Å². The third kappa shape index (κ3) is 3.17. The van der Waals surface area contributed by atoms with Gasteiger partial charge >= 0.3 is 0 Å². The van der Waals surface area contributed by atoms with Crippen molar-refractivity contribution in [2.24, 2.45) is 0 Å². The van der Waals surface area contributed by atoms with Crippen LogP contribution in [0.3, 0.4) is 0 Å². The lowest BCUT2D eigenvalue weighted by Crippen LogP contribution is -1.92. The molecule has 4 heteroatoms. The van der Waals surface area contributed by atoms with E-state index in [4.69, 9.17) is 9.97 Å². The number of benzene rings is 4. The second-order valence-electron chi connectivity index (χ2n) is 9.51. The summed E-state index contributed by atoms with van der Waals surface area (Å²) in [5.41, 5.74) is 7.93. The van der Waals surface area contributed by atoms with E-state index in [0.717, 1.165) is 76.9 Å². The first-order valence-electron chi connectivity index (χ1n) is 12.6. The summed E-state index contributed by atoms with van der Waals surface area (Å²) in [6.45, 7) is 0. The van der Waals surface area contributed by atoms with E-state index in [1.54, 1.807) is 0 Å². The van der Waals surface area contributed by atoms with E-state index < -0.39 is 0 Å². The Bertz CT molecular complexity index is 2030. The lowest BCUT2D eigenvalue weighted by molar-refractivity contribution is 1.37. The Kier molecular flexibility index (Phi) is 4.49. The predicted molar refractivity (Wildman–Crippen MR) is 156 cm³/mol. The molecule has 8 aromatic rings. The zero-order valence-electron chi connectivity index (χ0n) is 20.3. The summed E-state index contributed by atoms with van der Waals surface area (Å²) >= 11 is 0. The summed E-state index contributed by atoms with van der Waals surface area (Å²) in [4.78, 5) is 19.4. The van der Waals surface area contributed by atoms with Gasteiger partial charge in [0.15, 0.2) is 0 Å². The zero-order valence-corrected chi connectivity index (χ0v) is 20.3. The Morgan fingerprint density at radius 3 is 1.32 bits per heavy atom. The zero-order chi connectivity index (χ0) is 25.1. The molecule has 0 aliphatic rings. The van der Waals surface area contributed by atoms with Crippen LogP contribution in [0, 0.1) is 0 Å². The van der Waals surface area contributed by atoms with Crippen LogP contribution in [0.25, 0.3) is 76.9 Å². The van der Waals surface area contributed by atoms with Gasteiger partial charge in [0.25, 0.3) is 0 Å². The summed E-state index contributed by atoms with van der Waals surface area (Å²) in [5.74, 6) is 0. The fourth-order valence-corrected chi connectivity index (χ4v) is 5.52. The van der Waals surface area contributed by atoms with E-state index >= 15 is 0 Å². The summed E-state index contributed by atoms with van der Waals surface area (Å²) < 4.78 is 0. The summed E-state index contributed by atoms with van der Waals surface area (Å²) in [7, 11) is 0. The Morgan fingerprint density at radius 1 is 0.368 bits per heavy atom.